The first-order valence-corrected chi connectivity index (χ1v) is 7.79. The van der Waals surface area contributed by atoms with Gasteiger partial charge in [-0.2, -0.15) is 0 Å². The molecule has 1 atom stereocenters. The molecule has 0 radical (unpaired) electrons. The number of ether oxygens (including phenoxy) is 1. The molecule has 1 heterocycles. The fourth-order valence-electron chi connectivity index (χ4n) is 2.51. The topological polar surface area (TPSA) is 41.6 Å². The van der Waals surface area contributed by atoms with Crippen LogP contribution >= 0.6 is 11.6 Å². The Labute approximate surface area is 143 Å². The number of hydrogen-bond donors (Lipinski definition) is 1. The van der Waals surface area contributed by atoms with Gasteiger partial charge in [-0.1, -0.05) is 29.8 Å². The molecule has 1 N–H and O–H groups in total. The molecule has 1 unspecified atom stereocenters. The van der Waals surface area contributed by atoms with E-state index < -0.39 is 17.7 Å². The third kappa shape index (κ3) is 3.66. The standard InChI is InChI=1S/C17H15ClF2N2O2/c18-12-6-4-11(5-7-12)15-10-22(8-9-24-15)17(23)21-14-3-1-2-13(19)16(14)20/h1-7,15H,8-10H2,(H,21,23). The van der Waals surface area contributed by atoms with Crippen molar-refractivity contribution < 1.29 is 18.3 Å². The van der Waals surface area contributed by atoms with Gasteiger partial charge in [-0.3, -0.25) is 0 Å². The number of carbonyl (C=O) groups is 1. The van der Waals surface area contributed by atoms with Gasteiger partial charge >= 0.3 is 6.03 Å². The maximum atomic E-state index is 13.7. The third-order valence-corrected chi connectivity index (χ3v) is 4.04. The summed E-state index contributed by atoms with van der Waals surface area (Å²) in [4.78, 5) is 13.8. The van der Waals surface area contributed by atoms with E-state index in [1.807, 2.05) is 12.1 Å². The average Bonchev–Trinajstić information content (AvgIpc) is 2.60. The van der Waals surface area contributed by atoms with Crippen molar-refractivity contribution in [1.29, 1.82) is 0 Å². The number of amides is 2. The van der Waals surface area contributed by atoms with Gasteiger partial charge in [0.2, 0.25) is 0 Å². The number of urea groups is 1. The number of halogens is 3. The lowest BCUT2D eigenvalue weighted by Crippen LogP contribution is -2.44. The van der Waals surface area contributed by atoms with Crippen LogP contribution < -0.4 is 5.32 Å². The predicted molar refractivity (Wildman–Crippen MR) is 87.1 cm³/mol. The smallest absolute Gasteiger partial charge is 0.322 e. The van der Waals surface area contributed by atoms with E-state index in [4.69, 9.17) is 16.3 Å². The molecule has 1 fully saturated rings. The lowest BCUT2D eigenvalue weighted by molar-refractivity contribution is -0.0135. The van der Waals surface area contributed by atoms with Gasteiger partial charge in [-0.25, -0.2) is 13.6 Å². The van der Waals surface area contributed by atoms with E-state index in [0.29, 0.717) is 24.7 Å². The van der Waals surface area contributed by atoms with Crippen molar-refractivity contribution in [3.8, 4) is 0 Å². The Bertz CT molecular complexity index is 740. The second-order valence-electron chi connectivity index (χ2n) is 5.39. The molecule has 7 heteroatoms. The van der Waals surface area contributed by atoms with Crippen molar-refractivity contribution >= 4 is 23.3 Å². The van der Waals surface area contributed by atoms with E-state index in [-0.39, 0.29) is 11.8 Å². The molecule has 0 spiro atoms. The van der Waals surface area contributed by atoms with Crippen LogP contribution in [0.4, 0.5) is 19.3 Å². The third-order valence-electron chi connectivity index (χ3n) is 3.79. The van der Waals surface area contributed by atoms with E-state index in [1.165, 1.54) is 17.0 Å². The lowest BCUT2D eigenvalue weighted by Gasteiger charge is -2.33. The predicted octanol–water partition coefficient (Wildman–Crippen LogP) is 4.22. The second kappa shape index (κ2) is 7.15. The summed E-state index contributed by atoms with van der Waals surface area (Å²) in [5.74, 6) is -2.08. The SMILES string of the molecule is O=C(Nc1cccc(F)c1F)N1CCOC(c2ccc(Cl)cc2)C1. The number of hydrogen-bond acceptors (Lipinski definition) is 2. The first-order valence-electron chi connectivity index (χ1n) is 7.41. The highest BCUT2D eigenvalue weighted by atomic mass is 35.5. The fourth-order valence-corrected chi connectivity index (χ4v) is 2.63. The minimum Gasteiger partial charge on any atom is -0.370 e. The zero-order valence-electron chi connectivity index (χ0n) is 12.6. The van der Waals surface area contributed by atoms with E-state index in [1.54, 1.807) is 12.1 Å². The van der Waals surface area contributed by atoms with Crippen molar-refractivity contribution in [2.24, 2.45) is 0 Å². The van der Waals surface area contributed by atoms with Crippen LogP contribution in [-0.2, 0) is 4.74 Å². The molecule has 0 aliphatic carbocycles. The van der Waals surface area contributed by atoms with Crippen LogP contribution in [-0.4, -0.2) is 30.6 Å². The average molecular weight is 353 g/mol. The number of benzene rings is 2. The number of rotatable bonds is 2. The summed E-state index contributed by atoms with van der Waals surface area (Å²) in [6, 6.07) is 10.3. The number of morpholine rings is 1. The van der Waals surface area contributed by atoms with Gasteiger partial charge in [-0.05, 0) is 29.8 Å². The van der Waals surface area contributed by atoms with E-state index in [2.05, 4.69) is 5.32 Å². The van der Waals surface area contributed by atoms with E-state index in [9.17, 15) is 13.6 Å². The Morgan fingerprint density at radius 1 is 1.21 bits per heavy atom. The minimum absolute atomic E-state index is 0.186. The molecule has 1 aliphatic heterocycles. The first-order chi connectivity index (χ1) is 11.5. The lowest BCUT2D eigenvalue weighted by atomic mass is 10.1. The monoisotopic (exact) mass is 352 g/mol. The fraction of sp³-hybridized carbons (Fsp3) is 0.235. The van der Waals surface area contributed by atoms with Gasteiger partial charge in [0.25, 0.3) is 0 Å². The summed E-state index contributed by atoms with van der Waals surface area (Å²) in [7, 11) is 0. The minimum atomic E-state index is -1.08. The summed E-state index contributed by atoms with van der Waals surface area (Å²) < 4.78 is 32.6. The highest BCUT2D eigenvalue weighted by Crippen LogP contribution is 2.24. The van der Waals surface area contributed by atoms with E-state index >= 15 is 0 Å². The summed E-state index contributed by atoms with van der Waals surface area (Å²) in [5, 5.41) is 3.01. The Kier molecular flexibility index (Phi) is 4.97. The van der Waals surface area contributed by atoms with Gasteiger partial charge in [0.1, 0.15) is 6.10 Å². The van der Waals surface area contributed by atoms with Crippen molar-refractivity contribution in [3.63, 3.8) is 0 Å². The quantitative estimate of drug-likeness (QED) is 0.879. The van der Waals surface area contributed by atoms with Crippen LogP contribution in [0.1, 0.15) is 11.7 Å². The second-order valence-corrected chi connectivity index (χ2v) is 5.82. The van der Waals surface area contributed by atoms with Crippen LogP contribution in [0, 0.1) is 11.6 Å². The van der Waals surface area contributed by atoms with Gasteiger partial charge < -0.3 is 15.0 Å². The van der Waals surface area contributed by atoms with Crippen molar-refractivity contribution in [3.05, 3.63) is 64.7 Å². The van der Waals surface area contributed by atoms with Gasteiger partial charge in [0.05, 0.1) is 18.8 Å². The molecule has 1 saturated heterocycles. The van der Waals surface area contributed by atoms with Gasteiger partial charge in [-0.15, -0.1) is 0 Å². The normalized spacial score (nSPS) is 17.6. The molecular weight excluding hydrogens is 338 g/mol. The van der Waals surface area contributed by atoms with Gasteiger partial charge in [0.15, 0.2) is 11.6 Å². The number of nitrogens with one attached hydrogen (secondary N) is 1. The van der Waals surface area contributed by atoms with Crippen molar-refractivity contribution in [2.75, 3.05) is 25.0 Å². The molecule has 4 nitrogen and oxygen atoms in total. The molecule has 2 aromatic rings. The van der Waals surface area contributed by atoms with Crippen LogP contribution in [0.2, 0.25) is 5.02 Å². The molecular formula is C17H15ClF2N2O2. The number of carbonyl (C=O) groups excluding carboxylic acids is 1. The Balaban J connectivity index is 1.69. The molecule has 0 aromatic heterocycles. The van der Waals surface area contributed by atoms with Crippen LogP contribution in [0.5, 0.6) is 0 Å². The molecule has 0 saturated carbocycles. The highest BCUT2D eigenvalue weighted by molar-refractivity contribution is 6.30. The van der Waals surface area contributed by atoms with E-state index in [0.717, 1.165) is 11.6 Å². The molecule has 126 valence electrons. The van der Waals surface area contributed by atoms with Crippen LogP contribution in [0.15, 0.2) is 42.5 Å². The molecule has 2 amide bonds. The Morgan fingerprint density at radius 2 is 1.96 bits per heavy atom. The summed E-state index contributed by atoms with van der Waals surface area (Å²) in [6.07, 6.45) is -0.292. The summed E-state index contributed by atoms with van der Waals surface area (Å²) >= 11 is 5.87. The highest BCUT2D eigenvalue weighted by Gasteiger charge is 2.26. The molecule has 0 bridgehead atoms. The number of anilines is 1. The molecule has 24 heavy (non-hydrogen) atoms. The first kappa shape index (κ1) is 16.7. The molecule has 1 aliphatic rings. The largest absolute Gasteiger partial charge is 0.370 e. The van der Waals surface area contributed by atoms with Crippen molar-refractivity contribution in [2.45, 2.75) is 6.10 Å². The zero-order valence-corrected chi connectivity index (χ0v) is 13.4. The summed E-state index contributed by atoms with van der Waals surface area (Å²) in [5.41, 5.74) is 0.711. The Hall–Kier alpha value is -2.18. The Morgan fingerprint density at radius 3 is 2.71 bits per heavy atom. The van der Waals surface area contributed by atoms with Crippen LogP contribution in [0.25, 0.3) is 0 Å². The zero-order chi connectivity index (χ0) is 17.1. The molecule has 2 aromatic carbocycles. The number of nitrogens with zero attached hydrogens (tertiary/aromatic N) is 1. The van der Waals surface area contributed by atoms with Gasteiger partial charge in [0, 0.05) is 11.6 Å². The maximum Gasteiger partial charge on any atom is 0.322 e. The maximum absolute atomic E-state index is 13.7. The van der Waals surface area contributed by atoms with Crippen molar-refractivity contribution in [1.82, 2.24) is 4.90 Å². The van der Waals surface area contributed by atoms with Crippen LogP contribution in [0.3, 0.4) is 0 Å². The summed E-state index contributed by atoms with van der Waals surface area (Å²) in [6.45, 7) is 1.03. The molecule has 3 rings (SSSR count).